The van der Waals surface area contributed by atoms with Crippen molar-refractivity contribution in [2.24, 2.45) is 0 Å². The zero-order chi connectivity index (χ0) is 23.5. The van der Waals surface area contributed by atoms with E-state index in [-0.39, 0.29) is 11.5 Å². The number of nitrogens with zero attached hydrogens (tertiary/aromatic N) is 3. The minimum Gasteiger partial charge on any atom is -0.321 e. The van der Waals surface area contributed by atoms with Crippen LogP contribution in [0.25, 0.3) is 4.96 Å². The number of nitrogens with one attached hydrogen (secondary N) is 1. The summed E-state index contributed by atoms with van der Waals surface area (Å²) in [6.45, 7) is 1.93. The summed E-state index contributed by atoms with van der Waals surface area (Å²) in [6.07, 6.45) is 6.02. The lowest BCUT2D eigenvalue weighted by molar-refractivity contribution is 0.102. The minimum atomic E-state index is -0.139. The minimum absolute atomic E-state index is 0.135. The van der Waals surface area contributed by atoms with Crippen LogP contribution >= 0.6 is 23.1 Å². The molecular formula is C26H26N4O2S2. The van der Waals surface area contributed by atoms with Crippen LogP contribution in [0.2, 0.25) is 0 Å². The standard InChI is InChI=1S/C26H26N4O2S2/c1-17-9-5-6-12-20(17)24(32)28-21-13-7-8-14-22(21)33-16-19-15-23(31)30-26(27-19)34-25(29-30)18-10-3-2-4-11-18/h5-9,12-15,18H,2-4,10-11,16H2,1H3,(H,28,32). The van der Waals surface area contributed by atoms with E-state index < -0.39 is 0 Å². The van der Waals surface area contributed by atoms with Gasteiger partial charge in [0, 0.05) is 28.2 Å². The molecule has 2 aromatic carbocycles. The number of carbonyl (C=O) groups is 1. The van der Waals surface area contributed by atoms with E-state index in [1.165, 1.54) is 35.1 Å². The lowest BCUT2D eigenvalue weighted by atomic mass is 9.90. The van der Waals surface area contributed by atoms with Crippen molar-refractivity contribution in [3.8, 4) is 0 Å². The van der Waals surface area contributed by atoms with Crippen LogP contribution in [-0.4, -0.2) is 20.5 Å². The van der Waals surface area contributed by atoms with E-state index >= 15 is 0 Å². The van der Waals surface area contributed by atoms with Gasteiger partial charge >= 0.3 is 0 Å². The Morgan fingerprint density at radius 3 is 2.71 bits per heavy atom. The number of aryl methyl sites for hydroxylation is 1. The Hall–Kier alpha value is -2.97. The maximum Gasteiger partial charge on any atom is 0.275 e. The fourth-order valence-electron chi connectivity index (χ4n) is 4.32. The third kappa shape index (κ3) is 4.93. The van der Waals surface area contributed by atoms with Crippen molar-refractivity contribution >= 4 is 39.7 Å². The van der Waals surface area contributed by atoms with Gasteiger partial charge < -0.3 is 5.32 Å². The summed E-state index contributed by atoms with van der Waals surface area (Å²) in [5.41, 5.74) is 2.91. The third-order valence-electron chi connectivity index (χ3n) is 6.17. The summed E-state index contributed by atoms with van der Waals surface area (Å²) in [5.74, 6) is 0.838. The highest BCUT2D eigenvalue weighted by Gasteiger charge is 2.21. The summed E-state index contributed by atoms with van der Waals surface area (Å²) in [4.78, 5) is 31.8. The van der Waals surface area contributed by atoms with Gasteiger partial charge in [-0.3, -0.25) is 9.59 Å². The summed E-state index contributed by atoms with van der Waals surface area (Å²) < 4.78 is 1.44. The molecule has 0 atom stereocenters. The molecule has 1 aliphatic carbocycles. The molecule has 0 bridgehead atoms. The Labute approximate surface area is 206 Å². The summed E-state index contributed by atoms with van der Waals surface area (Å²) in [7, 11) is 0. The largest absolute Gasteiger partial charge is 0.321 e. The van der Waals surface area contributed by atoms with Gasteiger partial charge in [0.05, 0.1) is 11.4 Å². The molecule has 2 aromatic heterocycles. The number of anilines is 1. The topological polar surface area (TPSA) is 76.4 Å². The predicted octanol–water partition coefficient (Wildman–Crippen LogP) is 6.05. The number of benzene rings is 2. The van der Waals surface area contributed by atoms with E-state index in [4.69, 9.17) is 4.98 Å². The molecular weight excluding hydrogens is 464 g/mol. The zero-order valence-corrected chi connectivity index (χ0v) is 20.6. The van der Waals surface area contributed by atoms with Gasteiger partial charge in [0.15, 0.2) is 0 Å². The third-order valence-corrected chi connectivity index (χ3v) is 8.35. The first kappa shape index (κ1) is 22.8. The van der Waals surface area contributed by atoms with Gasteiger partial charge in [-0.25, -0.2) is 4.98 Å². The summed E-state index contributed by atoms with van der Waals surface area (Å²) in [6, 6.07) is 16.8. The zero-order valence-electron chi connectivity index (χ0n) is 19.0. The molecule has 1 fully saturated rings. The van der Waals surface area contributed by atoms with E-state index in [1.54, 1.807) is 17.8 Å². The molecule has 1 aliphatic rings. The van der Waals surface area contributed by atoms with Crippen molar-refractivity contribution < 1.29 is 4.79 Å². The molecule has 0 unspecified atom stereocenters. The molecule has 6 nitrogen and oxygen atoms in total. The molecule has 34 heavy (non-hydrogen) atoms. The quantitative estimate of drug-likeness (QED) is 0.333. The van der Waals surface area contributed by atoms with Crippen LogP contribution in [-0.2, 0) is 5.75 Å². The monoisotopic (exact) mass is 490 g/mol. The molecule has 0 radical (unpaired) electrons. The molecule has 0 saturated heterocycles. The van der Waals surface area contributed by atoms with Gasteiger partial charge in [0.25, 0.3) is 11.5 Å². The smallest absolute Gasteiger partial charge is 0.275 e. The molecule has 4 aromatic rings. The van der Waals surface area contributed by atoms with Crippen molar-refractivity contribution in [1.29, 1.82) is 0 Å². The molecule has 0 spiro atoms. The fourth-order valence-corrected chi connectivity index (χ4v) is 6.32. The number of carbonyl (C=O) groups excluding carboxylic acids is 1. The second kappa shape index (κ2) is 10.1. The van der Waals surface area contributed by atoms with E-state index in [0.29, 0.717) is 27.9 Å². The molecule has 1 N–H and O–H groups in total. The average Bonchev–Trinajstić information content (AvgIpc) is 3.29. The van der Waals surface area contributed by atoms with Crippen molar-refractivity contribution in [3.63, 3.8) is 0 Å². The Bertz CT molecular complexity index is 1390. The van der Waals surface area contributed by atoms with Crippen molar-refractivity contribution in [3.05, 3.63) is 86.8 Å². The molecule has 2 heterocycles. The van der Waals surface area contributed by atoms with Gasteiger partial charge in [0.1, 0.15) is 5.01 Å². The predicted molar refractivity (Wildman–Crippen MR) is 138 cm³/mol. The van der Waals surface area contributed by atoms with Gasteiger partial charge in [-0.05, 0) is 43.5 Å². The van der Waals surface area contributed by atoms with E-state index in [2.05, 4.69) is 10.4 Å². The normalized spacial score (nSPS) is 14.4. The number of hydrogen-bond acceptors (Lipinski definition) is 6. The first-order valence-corrected chi connectivity index (χ1v) is 13.4. The number of amides is 1. The molecule has 8 heteroatoms. The van der Waals surface area contributed by atoms with Crippen LogP contribution in [0.1, 0.15) is 64.6 Å². The van der Waals surface area contributed by atoms with E-state index in [0.717, 1.165) is 34.0 Å². The highest BCUT2D eigenvalue weighted by Crippen LogP contribution is 2.35. The van der Waals surface area contributed by atoms with Gasteiger partial charge in [0.2, 0.25) is 4.96 Å². The number of aromatic nitrogens is 3. The lowest BCUT2D eigenvalue weighted by Crippen LogP contribution is -2.16. The number of rotatable bonds is 6. The fraction of sp³-hybridized carbons (Fsp3) is 0.308. The highest BCUT2D eigenvalue weighted by molar-refractivity contribution is 7.98. The average molecular weight is 491 g/mol. The van der Waals surface area contributed by atoms with Crippen molar-refractivity contribution in [2.75, 3.05) is 5.32 Å². The van der Waals surface area contributed by atoms with Crippen molar-refractivity contribution in [2.45, 2.75) is 55.6 Å². The SMILES string of the molecule is Cc1ccccc1C(=O)Nc1ccccc1SCc1cc(=O)n2nc(C3CCCCC3)sc2n1. The van der Waals surface area contributed by atoms with Crippen LogP contribution in [0.4, 0.5) is 5.69 Å². The number of fused-ring (bicyclic) bond motifs is 1. The van der Waals surface area contributed by atoms with Crippen LogP contribution in [0.15, 0.2) is 64.3 Å². The van der Waals surface area contributed by atoms with Gasteiger partial charge in [-0.2, -0.15) is 9.61 Å². The molecule has 174 valence electrons. The van der Waals surface area contributed by atoms with Crippen LogP contribution in [0, 0.1) is 6.92 Å². The Balaban J connectivity index is 1.33. The maximum atomic E-state index is 12.8. The maximum absolute atomic E-state index is 12.8. The molecule has 1 saturated carbocycles. The van der Waals surface area contributed by atoms with Crippen molar-refractivity contribution in [1.82, 2.24) is 14.6 Å². The van der Waals surface area contributed by atoms with Crippen LogP contribution in [0.5, 0.6) is 0 Å². The molecule has 5 rings (SSSR count). The second-order valence-corrected chi connectivity index (χ2v) is 10.6. The van der Waals surface area contributed by atoms with Gasteiger partial charge in [-0.1, -0.05) is 60.9 Å². The van der Waals surface area contributed by atoms with E-state index in [1.807, 2.05) is 55.5 Å². The van der Waals surface area contributed by atoms with Crippen LogP contribution in [0.3, 0.4) is 0 Å². The van der Waals surface area contributed by atoms with Gasteiger partial charge in [-0.15, -0.1) is 11.8 Å². The first-order chi connectivity index (χ1) is 16.6. The lowest BCUT2D eigenvalue weighted by Gasteiger charge is -2.18. The number of thioether (sulfide) groups is 1. The first-order valence-electron chi connectivity index (χ1n) is 11.6. The van der Waals surface area contributed by atoms with E-state index in [9.17, 15) is 9.59 Å². The summed E-state index contributed by atoms with van der Waals surface area (Å²) in [5, 5.41) is 8.64. The molecule has 1 amide bonds. The highest BCUT2D eigenvalue weighted by atomic mass is 32.2. The van der Waals surface area contributed by atoms with Crippen LogP contribution < -0.4 is 10.9 Å². The number of para-hydroxylation sites is 1. The summed E-state index contributed by atoms with van der Waals surface area (Å²) >= 11 is 3.09. The second-order valence-electron chi connectivity index (χ2n) is 8.61. The Kier molecular flexibility index (Phi) is 6.78. The Morgan fingerprint density at radius 1 is 1.12 bits per heavy atom. The number of hydrogen-bond donors (Lipinski definition) is 1. The Morgan fingerprint density at radius 2 is 1.88 bits per heavy atom. The molecule has 0 aliphatic heterocycles.